The van der Waals surface area contributed by atoms with Crippen LogP contribution in [0.4, 0.5) is 0 Å². The van der Waals surface area contributed by atoms with Crippen LogP contribution in [0.25, 0.3) is 22.3 Å². The molecule has 2 unspecified atom stereocenters. The first-order valence-electron chi connectivity index (χ1n) is 9.98. The van der Waals surface area contributed by atoms with Gasteiger partial charge in [0.05, 0.1) is 12.2 Å². The van der Waals surface area contributed by atoms with Gasteiger partial charge in [0, 0.05) is 17.7 Å². The largest absolute Gasteiger partial charge is 0.507 e. The van der Waals surface area contributed by atoms with Crippen LogP contribution in [0.15, 0.2) is 33.5 Å². The van der Waals surface area contributed by atoms with Crippen LogP contribution in [0.1, 0.15) is 12.5 Å². The molecule has 11 heteroatoms. The smallest absolute Gasteiger partial charge is 0.200 e. The predicted molar refractivity (Wildman–Crippen MR) is 110 cm³/mol. The van der Waals surface area contributed by atoms with Gasteiger partial charge in [-0.05, 0) is 19.1 Å². The van der Waals surface area contributed by atoms with E-state index in [4.69, 9.17) is 13.9 Å². The predicted octanol–water partition coefficient (Wildman–Crippen LogP) is 0.371. The van der Waals surface area contributed by atoms with E-state index in [1.165, 1.54) is 13.0 Å². The molecule has 1 aromatic heterocycles. The van der Waals surface area contributed by atoms with Gasteiger partial charge in [0.25, 0.3) is 0 Å². The molecule has 5 atom stereocenters. The van der Waals surface area contributed by atoms with Gasteiger partial charge < -0.3 is 49.6 Å². The molecular formula is C22H20O11. The number of fused-ring (bicyclic) bond motifs is 5. The van der Waals surface area contributed by atoms with E-state index in [1.807, 2.05) is 0 Å². The Morgan fingerprint density at radius 3 is 2.27 bits per heavy atom. The minimum atomic E-state index is -1.48. The van der Waals surface area contributed by atoms with Crippen molar-refractivity contribution < 1.29 is 49.6 Å². The van der Waals surface area contributed by atoms with E-state index in [0.717, 1.165) is 18.2 Å². The molecule has 33 heavy (non-hydrogen) atoms. The van der Waals surface area contributed by atoms with E-state index in [0.29, 0.717) is 0 Å². The number of phenols is 4. The lowest BCUT2D eigenvalue weighted by atomic mass is 9.82. The topological polar surface area (TPSA) is 190 Å². The second-order valence-corrected chi connectivity index (χ2v) is 8.28. The molecule has 174 valence electrons. The van der Waals surface area contributed by atoms with Gasteiger partial charge in [-0.2, -0.15) is 0 Å². The molecule has 11 nitrogen and oxygen atoms in total. The molecule has 0 aliphatic carbocycles. The number of aliphatic hydroxyl groups excluding tert-OH is 3. The minimum Gasteiger partial charge on any atom is -0.507 e. The van der Waals surface area contributed by atoms with Gasteiger partial charge in [-0.25, -0.2) is 0 Å². The lowest BCUT2D eigenvalue weighted by molar-refractivity contribution is -0.255. The highest BCUT2D eigenvalue weighted by atomic mass is 16.6. The van der Waals surface area contributed by atoms with E-state index < -0.39 is 65.1 Å². The average molecular weight is 460 g/mol. The molecule has 1 saturated heterocycles. The summed E-state index contributed by atoms with van der Waals surface area (Å²) in [6, 6.07) is 4.35. The summed E-state index contributed by atoms with van der Waals surface area (Å²) in [5, 5.41) is 70.0. The molecule has 0 radical (unpaired) electrons. The molecule has 2 aliphatic rings. The van der Waals surface area contributed by atoms with E-state index in [-0.39, 0.29) is 33.6 Å². The summed E-state index contributed by atoms with van der Waals surface area (Å²) < 4.78 is 17.6. The first-order valence-corrected chi connectivity index (χ1v) is 9.98. The van der Waals surface area contributed by atoms with E-state index in [9.17, 15) is 40.5 Å². The zero-order chi connectivity index (χ0) is 23.8. The van der Waals surface area contributed by atoms with Crippen LogP contribution in [0.3, 0.4) is 0 Å². The minimum absolute atomic E-state index is 0.0361. The maximum atomic E-state index is 12.9. The second kappa shape index (κ2) is 6.99. The summed E-state index contributed by atoms with van der Waals surface area (Å²) >= 11 is 0. The number of hydrogen-bond donors (Lipinski definition) is 7. The molecule has 3 heterocycles. The molecular weight excluding hydrogens is 440 g/mol. The Kier molecular flexibility index (Phi) is 4.52. The monoisotopic (exact) mass is 460 g/mol. The van der Waals surface area contributed by atoms with Gasteiger partial charge in [-0.3, -0.25) is 4.79 Å². The third-order valence-corrected chi connectivity index (χ3v) is 6.21. The van der Waals surface area contributed by atoms with Crippen molar-refractivity contribution in [2.75, 3.05) is 6.61 Å². The summed E-state index contributed by atoms with van der Waals surface area (Å²) in [5.74, 6) is -2.59. The molecule has 2 aliphatic heterocycles. The van der Waals surface area contributed by atoms with E-state index >= 15 is 0 Å². The van der Waals surface area contributed by atoms with Gasteiger partial charge in [0.1, 0.15) is 46.6 Å². The molecule has 0 spiro atoms. The van der Waals surface area contributed by atoms with Gasteiger partial charge in [-0.1, -0.05) is 0 Å². The van der Waals surface area contributed by atoms with Crippen molar-refractivity contribution in [3.8, 4) is 40.1 Å². The van der Waals surface area contributed by atoms with Gasteiger partial charge in [0.2, 0.25) is 0 Å². The standard InChI is InChI=1S/C22H20O11/c1-22-16-13(32-21(22)19(30)18(29)14(6-23)33-22)5-9(25)15-8(24)4-12(31-20(15)16)7-2-10(26)17(28)11(27)3-7/h2-5,14,18-19,21,23,25-30H,6H2,1H3/t14-,18-,19?,21?,22+/m1/s1. The highest BCUT2D eigenvalue weighted by molar-refractivity contribution is 5.91. The third-order valence-electron chi connectivity index (χ3n) is 6.21. The zero-order valence-electron chi connectivity index (χ0n) is 17.1. The average Bonchev–Trinajstić information content (AvgIpc) is 3.06. The van der Waals surface area contributed by atoms with Crippen molar-refractivity contribution in [1.82, 2.24) is 0 Å². The third kappa shape index (κ3) is 2.87. The highest BCUT2D eigenvalue weighted by Crippen LogP contribution is 2.53. The van der Waals surface area contributed by atoms with Crippen molar-refractivity contribution in [2.45, 2.75) is 36.9 Å². The molecule has 0 bridgehead atoms. The normalized spacial score (nSPS) is 28.4. The van der Waals surface area contributed by atoms with Gasteiger partial charge in [-0.15, -0.1) is 0 Å². The Morgan fingerprint density at radius 1 is 0.970 bits per heavy atom. The fourth-order valence-corrected chi connectivity index (χ4v) is 4.59. The SMILES string of the molecule is C[C@@]12O[C@H](CO)[C@@H](O)C(O)C1Oc1cc(O)c3c(=O)cc(-c4cc(O)c(O)c(O)c4)oc3c12. The number of aromatic hydroxyl groups is 4. The summed E-state index contributed by atoms with van der Waals surface area (Å²) in [5.41, 5.74) is -2.09. The molecule has 1 fully saturated rings. The fourth-order valence-electron chi connectivity index (χ4n) is 4.59. The van der Waals surface area contributed by atoms with Gasteiger partial charge in [0.15, 0.2) is 34.4 Å². The van der Waals surface area contributed by atoms with Crippen LogP contribution in [-0.2, 0) is 10.3 Å². The van der Waals surface area contributed by atoms with Crippen LogP contribution in [0.5, 0.6) is 28.7 Å². The molecule has 3 aromatic rings. The Hall–Kier alpha value is -3.51. The second-order valence-electron chi connectivity index (χ2n) is 8.28. The Labute approximate surface area is 184 Å². The highest BCUT2D eigenvalue weighted by Gasteiger charge is 2.59. The number of ether oxygens (including phenoxy) is 2. The summed E-state index contributed by atoms with van der Waals surface area (Å²) in [6.07, 6.45) is -5.23. The van der Waals surface area contributed by atoms with E-state index in [1.54, 1.807) is 0 Å². The zero-order valence-corrected chi connectivity index (χ0v) is 17.1. The molecule has 7 N–H and O–H groups in total. The quantitative estimate of drug-likeness (QED) is 0.262. The molecule has 2 aromatic carbocycles. The van der Waals surface area contributed by atoms with Gasteiger partial charge >= 0.3 is 0 Å². The van der Waals surface area contributed by atoms with Crippen LogP contribution < -0.4 is 10.2 Å². The van der Waals surface area contributed by atoms with Crippen molar-refractivity contribution in [1.29, 1.82) is 0 Å². The van der Waals surface area contributed by atoms with Crippen molar-refractivity contribution in [2.24, 2.45) is 0 Å². The van der Waals surface area contributed by atoms with Crippen LogP contribution in [0.2, 0.25) is 0 Å². The summed E-state index contributed by atoms with van der Waals surface area (Å²) in [4.78, 5) is 12.9. The van der Waals surface area contributed by atoms with E-state index in [2.05, 4.69) is 0 Å². The maximum Gasteiger partial charge on any atom is 0.200 e. The summed E-state index contributed by atoms with van der Waals surface area (Å²) in [7, 11) is 0. The number of phenolic OH excluding ortho intramolecular Hbond substituents is 4. The summed E-state index contributed by atoms with van der Waals surface area (Å²) in [6.45, 7) is 0.926. The number of aliphatic hydroxyl groups is 3. The fraction of sp³-hybridized carbons (Fsp3) is 0.318. The lowest BCUT2D eigenvalue weighted by Gasteiger charge is -2.44. The molecule has 5 rings (SSSR count). The van der Waals surface area contributed by atoms with Crippen molar-refractivity contribution in [3.05, 3.63) is 40.1 Å². The Balaban J connectivity index is 1.79. The number of benzene rings is 2. The molecule has 0 saturated carbocycles. The maximum absolute atomic E-state index is 12.9. The first kappa shape index (κ1) is 21.3. The number of rotatable bonds is 2. The molecule has 0 amide bonds. The van der Waals surface area contributed by atoms with Crippen molar-refractivity contribution in [3.63, 3.8) is 0 Å². The van der Waals surface area contributed by atoms with Crippen LogP contribution >= 0.6 is 0 Å². The Bertz CT molecular complexity index is 1320. The Morgan fingerprint density at radius 2 is 1.64 bits per heavy atom. The van der Waals surface area contributed by atoms with Crippen molar-refractivity contribution >= 4 is 11.0 Å². The first-order chi connectivity index (χ1) is 15.6. The lowest BCUT2D eigenvalue weighted by Crippen LogP contribution is -2.62. The van der Waals surface area contributed by atoms with Crippen LogP contribution in [0, 0.1) is 0 Å². The number of hydrogen-bond acceptors (Lipinski definition) is 11. The van der Waals surface area contributed by atoms with Crippen LogP contribution in [-0.4, -0.2) is 66.8 Å².